The summed E-state index contributed by atoms with van der Waals surface area (Å²) in [6.45, 7) is 6.28. The normalized spacial score (nSPS) is 10.6. The molecule has 0 saturated carbocycles. The van der Waals surface area contributed by atoms with Gasteiger partial charge >= 0.3 is 0 Å². The molecule has 6 nitrogen and oxygen atoms in total. The lowest BCUT2D eigenvalue weighted by Gasteiger charge is -2.13. The second-order valence-electron chi connectivity index (χ2n) is 7.05. The van der Waals surface area contributed by atoms with Crippen LogP contribution in [0.1, 0.15) is 13.8 Å². The van der Waals surface area contributed by atoms with Crippen LogP contribution in [0.5, 0.6) is 11.5 Å². The number of hydrogen-bond donors (Lipinski definition) is 2. The van der Waals surface area contributed by atoms with Gasteiger partial charge in [0, 0.05) is 18.2 Å². The summed E-state index contributed by atoms with van der Waals surface area (Å²) in [6, 6.07) is 19.6. The van der Waals surface area contributed by atoms with Gasteiger partial charge in [-0.2, -0.15) is 4.98 Å². The first-order valence-electron chi connectivity index (χ1n) is 9.83. The molecule has 2 N–H and O–H groups in total. The molecule has 0 fully saturated rings. The van der Waals surface area contributed by atoms with Crippen molar-refractivity contribution in [1.82, 2.24) is 9.97 Å². The highest BCUT2D eigenvalue weighted by Gasteiger charge is 2.07. The third-order valence-electron chi connectivity index (χ3n) is 4.20. The van der Waals surface area contributed by atoms with Gasteiger partial charge in [0.1, 0.15) is 23.9 Å². The SMILES string of the molecule is COc1ccc(OCCNc2cc(-c3ccccc3)nc(NCC(C)C)n2)cc1. The lowest BCUT2D eigenvalue weighted by molar-refractivity contribution is 0.331. The molecule has 0 amide bonds. The molecule has 0 aliphatic heterocycles. The minimum absolute atomic E-state index is 0.508. The number of nitrogens with one attached hydrogen (secondary N) is 2. The van der Waals surface area contributed by atoms with Crippen molar-refractivity contribution in [3.63, 3.8) is 0 Å². The van der Waals surface area contributed by atoms with E-state index in [0.29, 0.717) is 25.0 Å². The number of anilines is 2. The van der Waals surface area contributed by atoms with E-state index >= 15 is 0 Å². The van der Waals surface area contributed by atoms with Crippen molar-refractivity contribution in [2.24, 2.45) is 5.92 Å². The molecular formula is C23H28N4O2. The van der Waals surface area contributed by atoms with Gasteiger partial charge in [-0.1, -0.05) is 44.2 Å². The van der Waals surface area contributed by atoms with Crippen LogP contribution in [-0.4, -0.2) is 36.8 Å². The van der Waals surface area contributed by atoms with Gasteiger partial charge in [-0.15, -0.1) is 0 Å². The number of hydrogen-bond acceptors (Lipinski definition) is 6. The summed E-state index contributed by atoms with van der Waals surface area (Å²) < 4.78 is 10.9. The molecular weight excluding hydrogens is 364 g/mol. The lowest BCUT2D eigenvalue weighted by Crippen LogP contribution is -2.15. The number of aromatic nitrogens is 2. The average Bonchev–Trinajstić information content (AvgIpc) is 2.76. The van der Waals surface area contributed by atoms with E-state index in [1.807, 2.05) is 60.7 Å². The predicted molar refractivity (Wildman–Crippen MR) is 118 cm³/mol. The van der Waals surface area contributed by atoms with Crippen molar-refractivity contribution >= 4 is 11.8 Å². The molecule has 29 heavy (non-hydrogen) atoms. The van der Waals surface area contributed by atoms with Gasteiger partial charge in [-0.25, -0.2) is 4.98 Å². The number of rotatable bonds is 10. The van der Waals surface area contributed by atoms with Crippen molar-refractivity contribution in [2.75, 3.05) is 37.4 Å². The van der Waals surface area contributed by atoms with Crippen molar-refractivity contribution in [1.29, 1.82) is 0 Å². The zero-order chi connectivity index (χ0) is 20.5. The minimum Gasteiger partial charge on any atom is -0.497 e. The summed E-state index contributed by atoms with van der Waals surface area (Å²) in [4.78, 5) is 9.26. The largest absolute Gasteiger partial charge is 0.497 e. The van der Waals surface area contributed by atoms with Crippen LogP contribution >= 0.6 is 0 Å². The Morgan fingerprint density at radius 3 is 2.31 bits per heavy atom. The molecule has 0 atom stereocenters. The van der Waals surface area contributed by atoms with Gasteiger partial charge < -0.3 is 20.1 Å². The number of methoxy groups -OCH3 is 1. The van der Waals surface area contributed by atoms with Gasteiger partial charge in [0.15, 0.2) is 0 Å². The minimum atomic E-state index is 0.508. The van der Waals surface area contributed by atoms with Crippen molar-refractivity contribution in [3.8, 4) is 22.8 Å². The van der Waals surface area contributed by atoms with E-state index in [1.54, 1.807) is 7.11 Å². The molecule has 1 heterocycles. The molecule has 0 saturated heterocycles. The lowest BCUT2D eigenvalue weighted by atomic mass is 10.1. The summed E-state index contributed by atoms with van der Waals surface area (Å²) in [5.74, 6) is 3.52. The number of benzene rings is 2. The average molecular weight is 393 g/mol. The molecule has 3 aromatic rings. The third-order valence-corrected chi connectivity index (χ3v) is 4.20. The van der Waals surface area contributed by atoms with Crippen LogP contribution in [0.15, 0.2) is 60.7 Å². The summed E-state index contributed by atoms with van der Waals surface area (Å²) >= 11 is 0. The molecule has 2 aromatic carbocycles. The summed E-state index contributed by atoms with van der Waals surface area (Å²) in [5.41, 5.74) is 1.94. The Labute approximate surface area is 172 Å². The summed E-state index contributed by atoms with van der Waals surface area (Å²) in [7, 11) is 1.65. The monoisotopic (exact) mass is 392 g/mol. The molecule has 3 rings (SSSR count). The highest BCUT2D eigenvalue weighted by molar-refractivity contribution is 5.64. The first kappa shape index (κ1) is 20.5. The van der Waals surface area contributed by atoms with Crippen LogP contribution in [0, 0.1) is 5.92 Å². The van der Waals surface area contributed by atoms with Crippen LogP contribution in [0.3, 0.4) is 0 Å². The molecule has 6 heteroatoms. The fraction of sp³-hybridized carbons (Fsp3) is 0.304. The van der Waals surface area contributed by atoms with Crippen molar-refractivity contribution in [2.45, 2.75) is 13.8 Å². The Hall–Kier alpha value is -3.28. The standard InChI is InChI=1S/C23H28N4O2/c1-17(2)16-25-23-26-21(18-7-5-4-6-8-18)15-22(27-23)24-13-14-29-20-11-9-19(28-3)10-12-20/h4-12,15,17H,13-14,16H2,1-3H3,(H2,24,25,26,27). The van der Waals surface area contributed by atoms with Gasteiger partial charge in [0.2, 0.25) is 5.95 Å². The molecule has 0 spiro atoms. The first-order chi connectivity index (χ1) is 14.1. The molecule has 0 aliphatic rings. The van der Waals surface area contributed by atoms with Crippen LogP contribution in [0.4, 0.5) is 11.8 Å². The molecule has 1 aromatic heterocycles. The summed E-state index contributed by atoms with van der Waals surface area (Å²) in [6.07, 6.45) is 0. The smallest absolute Gasteiger partial charge is 0.225 e. The van der Waals surface area contributed by atoms with Gasteiger partial charge in [-0.3, -0.25) is 0 Å². The summed E-state index contributed by atoms with van der Waals surface area (Å²) in [5, 5.41) is 6.65. The van der Waals surface area contributed by atoms with Crippen LogP contribution in [0.2, 0.25) is 0 Å². The maximum absolute atomic E-state index is 5.77. The van der Waals surface area contributed by atoms with Crippen molar-refractivity contribution in [3.05, 3.63) is 60.7 Å². The predicted octanol–water partition coefficient (Wildman–Crippen LogP) is 4.71. The quantitative estimate of drug-likeness (QED) is 0.487. The molecule has 0 bridgehead atoms. The fourth-order valence-corrected chi connectivity index (χ4v) is 2.69. The second kappa shape index (κ2) is 10.3. The maximum atomic E-state index is 5.77. The topological polar surface area (TPSA) is 68.3 Å². The third kappa shape index (κ3) is 6.38. The Morgan fingerprint density at radius 2 is 1.62 bits per heavy atom. The van der Waals surface area contributed by atoms with Gasteiger partial charge in [0.25, 0.3) is 0 Å². The molecule has 0 unspecified atom stereocenters. The number of nitrogens with zero attached hydrogens (tertiary/aromatic N) is 2. The van der Waals surface area contributed by atoms with E-state index in [-0.39, 0.29) is 0 Å². The Bertz CT molecular complexity index is 883. The second-order valence-corrected chi connectivity index (χ2v) is 7.05. The van der Waals surface area contributed by atoms with Gasteiger partial charge in [0.05, 0.1) is 19.3 Å². The highest BCUT2D eigenvalue weighted by atomic mass is 16.5. The van der Waals surface area contributed by atoms with Crippen LogP contribution < -0.4 is 20.1 Å². The zero-order valence-corrected chi connectivity index (χ0v) is 17.2. The Balaban J connectivity index is 1.64. The molecule has 152 valence electrons. The maximum Gasteiger partial charge on any atom is 0.225 e. The number of ether oxygens (including phenoxy) is 2. The zero-order valence-electron chi connectivity index (χ0n) is 17.2. The van der Waals surface area contributed by atoms with E-state index in [0.717, 1.165) is 35.1 Å². The Kier molecular flexibility index (Phi) is 7.28. The first-order valence-corrected chi connectivity index (χ1v) is 9.83. The molecule has 0 radical (unpaired) electrons. The van der Waals surface area contributed by atoms with E-state index in [9.17, 15) is 0 Å². The van der Waals surface area contributed by atoms with Gasteiger partial charge in [-0.05, 0) is 30.2 Å². The van der Waals surface area contributed by atoms with E-state index in [4.69, 9.17) is 9.47 Å². The Morgan fingerprint density at radius 1 is 0.897 bits per heavy atom. The van der Waals surface area contributed by atoms with E-state index in [2.05, 4.69) is 34.4 Å². The highest BCUT2D eigenvalue weighted by Crippen LogP contribution is 2.21. The van der Waals surface area contributed by atoms with Crippen LogP contribution in [-0.2, 0) is 0 Å². The van der Waals surface area contributed by atoms with E-state index < -0.39 is 0 Å². The molecule has 0 aliphatic carbocycles. The fourth-order valence-electron chi connectivity index (χ4n) is 2.69. The van der Waals surface area contributed by atoms with E-state index in [1.165, 1.54) is 0 Å². The van der Waals surface area contributed by atoms with Crippen molar-refractivity contribution < 1.29 is 9.47 Å². The van der Waals surface area contributed by atoms with Crippen LogP contribution in [0.25, 0.3) is 11.3 Å².